The number of piperazine rings is 1. The lowest BCUT2D eigenvalue weighted by atomic mass is 9.95. The zero-order valence-electron chi connectivity index (χ0n) is 23.1. The number of hydrogen-bond donors (Lipinski definition) is 2. The number of benzene rings is 3. The van der Waals surface area contributed by atoms with E-state index in [4.69, 9.17) is 32.7 Å². The number of ether oxygens (including phenoxy) is 2. The molecule has 0 spiro atoms. The molecule has 2 aliphatic rings. The van der Waals surface area contributed by atoms with Crippen molar-refractivity contribution in [1.29, 1.82) is 0 Å². The number of halogens is 2. The summed E-state index contributed by atoms with van der Waals surface area (Å²) in [6.07, 6.45) is 0. The smallest absolute Gasteiger partial charge is 0.262 e. The van der Waals surface area contributed by atoms with Crippen LogP contribution in [0.4, 0.5) is 0 Å². The third-order valence-electron chi connectivity index (χ3n) is 7.61. The molecule has 9 heteroatoms. The summed E-state index contributed by atoms with van der Waals surface area (Å²) in [5.74, 6) is 1.25. The van der Waals surface area contributed by atoms with Crippen LogP contribution in [0.15, 0.2) is 66.7 Å². The van der Waals surface area contributed by atoms with Crippen molar-refractivity contribution in [2.24, 2.45) is 0 Å². The van der Waals surface area contributed by atoms with Crippen LogP contribution in [0.2, 0.25) is 10.0 Å². The molecule has 40 heavy (non-hydrogen) atoms. The van der Waals surface area contributed by atoms with E-state index in [1.807, 2.05) is 85.5 Å². The van der Waals surface area contributed by atoms with Gasteiger partial charge in [0, 0.05) is 47.9 Å². The highest BCUT2D eigenvalue weighted by Gasteiger charge is 2.54. The fourth-order valence-corrected chi connectivity index (χ4v) is 5.80. The van der Waals surface area contributed by atoms with Gasteiger partial charge < -0.3 is 19.3 Å². The zero-order valence-corrected chi connectivity index (χ0v) is 24.6. The summed E-state index contributed by atoms with van der Waals surface area (Å²) in [5, 5.41) is 8.84. The molecule has 2 atom stereocenters. The average molecular weight is 584 g/mol. The Labute approximate surface area is 246 Å². The van der Waals surface area contributed by atoms with Crippen molar-refractivity contribution in [3.05, 3.63) is 93.5 Å². The molecule has 2 aliphatic heterocycles. The first-order chi connectivity index (χ1) is 19.3. The van der Waals surface area contributed by atoms with Crippen molar-refractivity contribution < 1.29 is 14.3 Å². The molecular formula is C31H36Cl2N4O3. The van der Waals surface area contributed by atoms with Gasteiger partial charge in [-0.25, -0.2) is 0 Å². The molecule has 7 nitrogen and oxygen atoms in total. The Morgan fingerprint density at radius 2 is 1.35 bits per heavy atom. The molecular weight excluding hydrogens is 547 g/mol. The third-order valence-corrected chi connectivity index (χ3v) is 8.12. The Morgan fingerprint density at radius 3 is 1.85 bits per heavy atom. The van der Waals surface area contributed by atoms with Gasteiger partial charge in [0.15, 0.2) is 5.66 Å². The van der Waals surface area contributed by atoms with Gasteiger partial charge >= 0.3 is 0 Å². The first-order valence-corrected chi connectivity index (χ1v) is 14.5. The maximum atomic E-state index is 14.7. The molecule has 0 saturated carbocycles. The first kappa shape index (κ1) is 28.7. The van der Waals surface area contributed by atoms with E-state index in [9.17, 15) is 4.79 Å². The van der Waals surface area contributed by atoms with Crippen LogP contribution in [0.1, 0.15) is 42.6 Å². The summed E-state index contributed by atoms with van der Waals surface area (Å²) in [6, 6.07) is 20.7. The van der Waals surface area contributed by atoms with Gasteiger partial charge in [-0.3, -0.25) is 15.4 Å². The number of rotatable bonds is 8. The summed E-state index contributed by atoms with van der Waals surface area (Å²) in [6.45, 7) is 7.76. The Bertz CT molecular complexity index is 1260. The number of hydrogen-bond acceptors (Lipinski definition) is 6. The lowest BCUT2D eigenvalue weighted by Crippen LogP contribution is -2.61. The van der Waals surface area contributed by atoms with E-state index >= 15 is 0 Å². The van der Waals surface area contributed by atoms with Gasteiger partial charge in [-0.15, -0.1) is 0 Å². The minimum Gasteiger partial charge on any atom is -0.494 e. The Morgan fingerprint density at radius 1 is 0.825 bits per heavy atom. The lowest BCUT2D eigenvalue weighted by molar-refractivity contribution is -0.141. The summed E-state index contributed by atoms with van der Waals surface area (Å²) in [5.41, 5.74) is 1.47. The molecule has 0 aliphatic carbocycles. The van der Waals surface area contributed by atoms with E-state index in [-0.39, 0.29) is 18.0 Å². The van der Waals surface area contributed by atoms with Crippen LogP contribution in [0.25, 0.3) is 0 Å². The van der Waals surface area contributed by atoms with Crippen molar-refractivity contribution >= 4 is 29.1 Å². The van der Waals surface area contributed by atoms with Gasteiger partial charge in [0.1, 0.15) is 11.5 Å². The summed E-state index contributed by atoms with van der Waals surface area (Å²) < 4.78 is 11.9. The van der Waals surface area contributed by atoms with Crippen molar-refractivity contribution in [1.82, 2.24) is 20.4 Å². The van der Waals surface area contributed by atoms with Gasteiger partial charge in [-0.05, 0) is 68.4 Å². The second-order valence-electron chi connectivity index (χ2n) is 10.2. The van der Waals surface area contributed by atoms with E-state index in [0.29, 0.717) is 47.8 Å². The van der Waals surface area contributed by atoms with Gasteiger partial charge in [-0.2, -0.15) is 0 Å². The molecule has 2 heterocycles. The minimum atomic E-state index is -1.26. The number of carbonyl (C=O) groups is 1. The molecule has 0 bridgehead atoms. The fourth-order valence-electron chi connectivity index (χ4n) is 5.55. The van der Waals surface area contributed by atoms with E-state index in [1.54, 1.807) is 0 Å². The topological polar surface area (TPSA) is 66.1 Å². The number of likely N-dealkylation sites (N-methyl/N-ethyl adjacent to an activating group) is 1. The van der Waals surface area contributed by atoms with Gasteiger partial charge in [0.25, 0.3) is 5.91 Å². The lowest BCUT2D eigenvalue weighted by Gasteiger charge is -2.40. The van der Waals surface area contributed by atoms with Crippen LogP contribution in [0.5, 0.6) is 11.5 Å². The molecule has 2 N–H and O–H groups in total. The van der Waals surface area contributed by atoms with Crippen LogP contribution in [0, 0.1) is 0 Å². The van der Waals surface area contributed by atoms with Crippen molar-refractivity contribution in [3.8, 4) is 11.5 Å². The fraction of sp³-hybridized carbons (Fsp3) is 0.387. The first-order valence-electron chi connectivity index (χ1n) is 13.8. The predicted octanol–water partition coefficient (Wildman–Crippen LogP) is 5.39. The molecule has 3 aromatic rings. The number of amides is 1. The van der Waals surface area contributed by atoms with Crippen LogP contribution in [-0.4, -0.2) is 62.1 Å². The predicted molar refractivity (Wildman–Crippen MR) is 159 cm³/mol. The van der Waals surface area contributed by atoms with Gasteiger partial charge in [0.2, 0.25) is 0 Å². The largest absolute Gasteiger partial charge is 0.494 e. The van der Waals surface area contributed by atoms with Crippen molar-refractivity contribution in [3.63, 3.8) is 0 Å². The Hall–Kier alpha value is -2.81. The number of carbonyl (C=O) groups excluding carboxylic acids is 1. The summed E-state index contributed by atoms with van der Waals surface area (Å²) in [7, 11) is 2.08. The van der Waals surface area contributed by atoms with Crippen LogP contribution in [-0.2, 0) is 10.5 Å². The SMILES string of the molecule is CCOc1ccc(C2(C(=O)N3CCN(C)CC3)NC(c3ccc(Cl)cc3)C(c3ccc(Cl)cc3)N2)c(OCC)c1. The molecule has 0 radical (unpaired) electrons. The number of nitrogens with zero attached hydrogens (tertiary/aromatic N) is 2. The van der Waals surface area contributed by atoms with Crippen LogP contribution >= 0.6 is 23.2 Å². The maximum absolute atomic E-state index is 14.7. The molecule has 0 aromatic heterocycles. The molecule has 2 unspecified atom stereocenters. The van der Waals surface area contributed by atoms with Gasteiger partial charge in [-0.1, -0.05) is 47.5 Å². The van der Waals surface area contributed by atoms with Crippen LogP contribution < -0.4 is 20.1 Å². The molecule has 3 aromatic carbocycles. The highest BCUT2D eigenvalue weighted by Crippen LogP contribution is 2.45. The molecule has 5 rings (SSSR count). The van der Waals surface area contributed by atoms with Gasteiger partial charge in [0.05, 0.1) is 25.3 Å². The molecule has 1 amide bonds. The summed E-state index contributed by atoms with van der Waals surface area (Å²) in [4.78, 5) is 18.9. The quantitative estimate of drug-likeness (QED) is 0.371. The Kier molecular flexibility index (Phi) is 8.88. The Balaban J connectivity index is 1.67. The second-order valence-corrected chi connectivity index (χ2v) is 11.1. The van der Waals surface area contributed by atoms with Crippen molar-refractivity contribution in [2.45, 2.75) is 31.6 Å². The normalized spacial score (nSPS) is 23.3. The highest BCUT2D eigenvalue weighted by atomic mass is 35.5. The van der Waals surface area contributed by atoms with E-state index in [2.05, 4.69) is 22.6 Å². The van der Waals surface area contributed by atoms with Crippen molar-refractivity contribution in [2.75, 3.05) is 46.4 Å². The number of nitrogens with one attached hydrogen (secondary N) is 2. The van der Waals surface area contributed by atoms with E-state index in [1.165, 1.54) is 0 Å². The molecule has 2 saturated heterocycles. The van der Waals surface area contributed by atoms with Crippen LogP contribution in [0.3, 0.4) is 0 Å². The van der Waals surface area contributed by atoms with E-state index < -0.39 is 5.66 Å². The third kappa shape index (κ3) is 5.80. The standard InChI is InChI=1S/C31H36Cl2N4O3/c1-4-39-25-14-15-26(27(20-25)40-5-2)31(30(38)37-18-16-36(3)17-19-37)34-28(21-6-10-23(32)11-7-21)29(35-31)22-8-12-24(33)13-9-22/h6-15,20,28-29,34-35H,4-5,16-19H2,1-3H3. The monoisotopic (exact) mass is 582 g/mol. The minimum absolute atomic E-state index is 0.0406. The van der Waals surface area contributed by atoms with E-state index in [0.717, 1.165) is 29.8 Å². The maximum Gasteiger partial charge on any atom is 0.262 e. The molecule has 2 fully saturated rings. The molecule has 212 valence electrons. The highest BCUT2D eigenvalue weighted by molar-refractivity contribution is 6.30. The average Bonchev–Trinajstić information content (AvgIpc) is 3.36. The second kappa shape index (κ2) is 12.4. The zero-order chi connectivity index (χ0) is 28.3. The summed E-state index contributed by atoms with van der Waals surface area (Å²) >= 11 is 12.5.